The number of anilines is 1. The Morgan fingerprint density at radius 2 is 1.88 bits per heavy atom. The zero-order valence-corrected chi connectivity index (χ0v) is 15.0. The van der Waals surface area contributed by atoms with Gasteiger partial charge in [-0.2, -0.15) is 8.42 Å². The molecule has 8 heteroatoms. The summed E-state index contributed by atoms with van der Waals surface area (Å²) in [5.74, 6) is 1.21. The third-order valence-corrected chi connectivity index (χ3v) is 5.08. The van der Waals surface area contributed by atoms with E-state index in [4.69, 9.17) is 5.14 Å². The second-order valence-electron chi connectivity index (χ2n) is 6.45. The molecule has 1 aliphatic rings. The van der Waals surface area contributed by atoms with E-state index in [0.717, 1.165) is 43.0 Å². The normalized spacial score (nSPS) is 16.2. The van der Waals surface area contributed by atoms with Crippen molar-refractivity contribution in [3.05, 3.63) is 42.2 Å². The number of aromatic nitrogens is 2. The molecule has 0 saturated carbocycles. The lowest BCUT2D eigenvalue weighted by Crippen LogP contribution is -2.40. The van der Waals surface area contributed by atoms with Crippen molar-refractivity contribution in [3.8, 4) is 11.3 Å². The first-order valence-corrected chi connectivity index (χ1v) is 9.87. The highest BCUT2D eigenvalue weighted by molar-refractivity contribution is 7.87. The third kappa shape index (κ3) is 4.97. The minimum Gasteiger partial charge on any atom is -0.356 e. The van der Waals surface area contributed by atoms with Gasteiger partial charge in [0, 0.05) is 31.3 Å². The van der Waals surface area contributed by atoms with Crippen LogP contribution in [0.5, 0.6) is 0 Å². The lowest BCUT2D eigenvalue weighted by atomic mass is 9.97. The zero-order valence-electron chi connectivity index (χ0n) is 14.2. The van der Waals surface area contributed by atoms with Crippen molar-refractivity contribution in [1.82, 2.24) is 14.7 Å². The molecule has 1 aliphatic heterocycles. The van der Waals surface area contributed by atoms with Gasteiger partial charge in [-0.1, -0.05) is 29.8 Å². The second-order valence-corrected chi connectivity index (χ2v) is 7.83. The van der Waals surface area contributed by atoms with Crippen LogP contribution in [0.15, 0.2) is 36.7 Å². The molecule has 2 aromatic rings. The van der Waals surface area contributed by atoms with E-state index in [-0.39, 0.29) is 0 Å². The van der Waals surface area contributed by atoms with E-state index >= 15 is 0 Å². The molecule has 0 amide bonds. The van der Waals surface area contributed by atoms with E-state index < -0.39 is 10.2 Å². The van der Waals surface area contributed by atoms with Crippen LogP contribution < -0.4 is 14.8 Å². The van der Waals surface area contributed by atoms with Crippen LogP contribution in [0.4, 0.5) is 5.82 Å². The van der Waals surface area contributed by atoms with Gasteiger partial charge in [0.15, 0.2) is 0 Å². The highest BCUT2D eigenvalue weighted by Crippen LogP contribution is 2.25. The topological polar surface area (TPSA) is 101 Å². The van der Waals surface area contributed by atoms with Gasteiger partial charge in [-0.05, 0) is 25.7 Å². The number of nitrogens with two attached hydrogens (primary N) is 1. The number of hydrogen-bond donors (Lipinski definition) is 2. The monoisotopic (exact) mass is 361 g/mol. The predicted molar refractivity (Wildman–Crippen MR) is 98.3 cm³/mol. The van der Waals surface area contributed by atoms with Crippen molar-refractivity contribution >= 4 is 16.0 Å². The van der Waals surface area contributed by atoms with E-state index in [1.807, 2.05) is 6.07 Å². The van der Waals surface area contributed by atoms with E-state index in [9.17, 15) is 8.42 Å². The van der Waals surface area contributed by atoms with Gasteiger partial charge >= 0.3 is 0 Å². The van der Waals surface area contributed by atoms with Gasteiger partial charge in [0.2, 0.25) is 0 Å². The number of benzene rings is 1. The molecule has 0 aliphatic carbocycles. The van der Waals surface area contributed by atoms with Crippen LogP contribution in [-0.2, 0) is 10.2 Å². The lowest BCUT2D eigenvalue weighted by molar-refractivity contribution is 0.400. The summed E-state index contributed by atoms with van der Waals surface area (Å²) >= 11 is 0. The Morgan fingerprint density at radius 1 is 1.20 bits per heavy atom. The standard InChI is InChI=1S/C17H23N5O2S/c1-13-2-4-15(5-3-13)16-10-17(20-12-19-16)22-8-6-14(7-9-22)11-21-25(18,23)24/h2-5,10,12,14,21H,6-9,11H2,1H3,(H2,18,23,24). The summed E-state index contributed by atoms with van der Waals surface area (Å²) in [4.78, 5) is 11.0. The van der Waals surface area contributed by atoms with Gasteiger partial charge in [0.25, 0.3) is 10.2 Å². The molecule has 3 rings (SSSR count). The first-order valence-electron chi connectivity index (χ1n) is 8.32. The van der Waals surface area contributed by atoms with Crippen LogP contribution in [0, 0.1) is 12.8 Å². The van der Waals surface area contributed by atoms with Crippen molar-refractivity contribution in [1.29, 1.82) is 0 Å². The number of aryl methyl sites for hydroxylation is 1. The van der Waals surface area contributed by atoms with Crippen molar-refractivity contribution < 1.29 is 8.42 Å². The largest absolute Gasteiger partial charge is 0.356 e. The number of hydrogen-bond acceptors (Lipinski definition) is 5. The van der Waals surface area contributed by atoms with E-state index in [1.165, 1.54) is 5.56 Å². The molecule has 7 nitrogen and oxygen atoms in total. The minimum absolute atomic E-state index is 0.299. The molecule has 1 aromatic carbocycles. The first kappa shape index (κ1) is 17.8. The first-order chi connectivity index (χ1) is 11.9. The molecule has 0 bridgehead atoms. The van der Waals surface area contributed by atoms with Crippen molar-refractivity contribution in [3.63, 3.8) is 0 Å². The summed E-state index contributed by atoms with van der Waals surface area (Å²) < 4.78 is 24.4. The average Bonchev–Trinajstić information content (AvgIpc) is 2.61. The Bertz CT molecular complexity index is 815. The summed E-state index contributed by atoms with van der Waals surface area (Å²) in [6.07, 6.45) is 3.39. The molecule has 0 atom stereocenters. The molecule has 134 valence electrons. The van der Waals surface area contributed by atoms with Crippen LogP contribution >= 0.6 is 0 Å². The molecule has 0 radical (unpaired) electrons. The summed E-state index contributed by atoms with van der Waals surface area (Å²) in [6.45, 7) is 4.12. The average molecular weight is 361 g/mol. The van der Waals surface area contributed by atoms with Gasteiger partial charge in [0.1, 0.15) is 12.1 Å². The van der Waals surface area contributed by atoms with Gasteiger partial charge in [0.05, 0.1) is 5.69 Å². The molecule has 2 heterocycles. The van der Waals surface area contributed by atoms with Gasteiger partial charge in [-0.25, -0.2) is 19.8 Å². The fraction of sp³-hybridized carbons (Fsp3) is 0.412. The number of piperidine rings is 1. The van der Waals surface area contributed by atoms with Gasteiger partial charge in [-0.3, -0.25) is 0 Å². The third-order valence-electron chi connectivity index (χ3n) is 4.51. The lowest BCUT2D eigenvalue weighted by Gasteiger charge is -2.32. The molecule has 1 saturated heterocycles. The molecule has 25 heavy (non-hydrogen) atoms. The second kappa shape index (κ2) is 7.47. The molecule has 1 fully saturated rings. The quantitative estimate of drug-likeness (QED) is 0.840. The number of nitrogens with one attached hydrogen (secondary N) is 1. The Hall–Kier alpha value is -2.03. The molecule has 0 unspecified atom stereocenters. The number of nitrogens with zero attached hydrogens (tertiary/aromatic N) is 3. The van der Waals surface area contributed by atoms with Crippen LogP contribution in [0.1, 0.15) is 18.4 Å². The summed E-state index contributed by atoms with van der Waals surface area (Å²) in [7, 11) is -3.61. The van der Waals surface area contributed by atoms with Gasteiger partial charge in [-0.15, -0.1) is 0 Å². The Morgan fingerprint density at radius 3 is 2.52 bits per heavy atom. The minimum atomic E-state index is -3.61. The summed E-state index contributed by atoms with van der Waals surface area (Å²) in [5, 5.41) is 4.99. The van der Waals surface area contributed by atoms with E-state index in [2.05, 4.69) is 50.8 Å². The van der Waals surface area contributed by atoms with Crippen LogP contribution in [0.2, 0.25) is 0 Å². The number of rotatable bonds is 5. The maximum absolute atomic E-state index is 11.0. The smallest absolute Gasteiger partial charge is 0.274 e. The SMILES string of the molecule is Cc1ccc(-c2cc(N3CCC(CNS(N)(=O)=O)CC3)ncn2)cc1. The fourth-order valence-electron chi connectivity index (χ4n) is 3.00. The maximum Gasteiger partial charge on any atom is 0.274 e. The zero-order chi connectivity index (χ0) is 17.9. The molecule has 0 spiro atoms. The highest BCUT2D eigenvalue weighted by atomic mass is 32.2. The van der Waals surface area contributed by atoms with Crippen molar-refractivity contribution in [2.24, 2.45) is 11.1 Å². The van der Waals surface area contributed by atoms with Crippen molar-refractivity contribution in [2.45, 2.75) is 19.8 Å². The van der Waals surface area contributed by atoms with E-state index in [1.54, 1.807) is 6.33 Å². The summed E-state index contributed by atoms with van der Waals surface area (Å²) in [5.41, 5.74) is 3.19. The predicted octanol–water partition coefficient (Wildman–Crippen LogP) is 1.46. The Balaban J connectivity index is 1.64. The van der Waals surface area contributed by atoms with E-state index in [0.29, 0.717) is 12.5 Å². The molecular formula is C17H23N5O2S. The molecule has 1 aromatic heterocycles. The fourth-order valence-corrected chi connectivity index (χ4v) is 3.47. The van der Waals surface area contributed by atoms with Crippen molar-refractivity contribution in [2.75, 3.05) is 24.5 Å². The van der Waals surface area contributed by atoms with Crippen LogP contribution in [0.25, 0.3) is 11.3 Å². The van der Waals surface area contributed by atoms with Crippen LogP contribution in [0.3, 0.4) is 0 Å². The highest BCUT2D eigenvalue weighted by Gasteiger charge is 2.21. The van der Waals surface area contributed by atoms with Crippen LogP contribution in [-0.4, -0.2) is 38.0 Å². The Labute approximate surface area is 148 Å². The Kier molecular flexibility index (Phi) is 5.31. The molecular weight excluding hydrogens is 338 g/mol. The van der Waals surface area contributed by atoms with Gasteiger partial charge < -0.3 is 4.90 Å². The maximum atomic E-state index is 11.0. The summed E-state index contributed by atoms with van der Waals surface area (Å²) in [6, 6.07) is 10.3. The molecule has 3 N–H and O–H groups in total.